The zero-order valence-corrected chi connectivity index (χ0v) is 13.8. The number of rotatable bonds is 3. The van der Waals surface area contributed by atoms with Crippen LogP contribution >= 0.6 is 38.5 Å². The van der Waals surface area contributed by atoms with Gasteiger partial charge in [-0.3, -0.25) is 0 Å². The number of ether oxygens (including phenoxy) is 1. The third-order valence-electron chi connectivity index (χ3n) is 2.56. The van der Waals surface area contributed by atoms with Crippen LogP contribution < -0.4 is 4.74 Å². The first-order chi connectivity index (χ1) is 9.41. The fourth-order valence-electron chi connectivity index (χ4n) is 1.62. The van der Waals surface area contributed by atoms with Gasteiger partial charge in [0.05, 0.1) is 9.13 Å². The summed E-state index contributed by atoms with van der Waals surface area (Å²) in [6.07, 6.45) is -4.45. The molecule has 0 saturated heterocycles. The second kappa shape index (κ2) is 6.34. The Morgan fingerprint density at radius 3 is 2.35 bits per heavy atom. The summed E-state index contributed by atoms with van der Waals surface area (Å²) >= 11 is 5.17. The van der Waals surface area contributed by atoms with Gasteiger partial charge in [0.15, 0.2) is 0 Å². The van der Waals surface area contributed by atoms with Crippen LogP contribution in [0, 0.1) is 3.57 Å². The Balaban J connectivity index is 2.44. The van der Waals surface area contributed by atoms with Gasteiger partial charge in [-0.05, 0) is 52.4 Å². The summed E-state index contributed by atoms with van der Waals surface area (Å²) in [4.78, 5) is 0. The number of benzene rings is 2. The average Bonchev–Trinajstić information content (AvgIpc) is 2.40. The molecule has 2 aromatic carbocycles. The molecule has 0 saturated carbocycles. The molecule has 0 aliphatic carbocycles. The van der Waals surface area contributed by atoms with E-state index in [1.165, 1.54) is 6.07 Å². The summed E-state index contributed by atoms with van der Waals surface area (Å²) in [7, 11) is 0. The molecule has 2 aromatic rings. The molecule has 0 spiro atoms. The fraction of sp³-hybridized carbons (Fsp3) is 0.143. The van der Waals surface area contributed by atoms with Crippen molar-refractivity contribution in [2.24, 2.45) is 0 Å². The molecule has 0 fully saturated rings. The van der Waals surface area contributed by atoms with Crippen LogP contribution in [0.1, 0.15) is 11.1 Å². The van der Waals surface area contributed by atoms with Gasteiger partial charge in [-0.15, -0.1) is 0 Å². The minimum atomic E-state index is -4.45. The molecule has 0 bridgehead atoms. The van der Waals surface area contributed by atoms with Gasteiger partial charge in [0, 0.05) is 5.33 Å². The van der Waals surface area contributed by atoms with Crippen LogP contribution in [0.2, 0.25) is 0 Å². The lowest BCUT2D eigenvalue weighted by Crippen LogP contribution is -2.08. The molecule has 0 N–H and O–H groups in total. The number of hydrogen-bond donors (Lipinski definition) is 0. The van der Waals surface area contributed by atoms with E-state index in [1.54, 1.807) is 30.3 Å². The van der Waals surface area contributed by atoms with Crippen LogP contribution in [0.15, 0.2) is 42.5 Å². The Morgan fingerprint density at radius 2 is 1.75 bits per heavy atom. The molecule has 1 nitrogen and oxygen atoms in total. The van der Waals surface area contributed by atoms with Gasteiger partial charge in [-0.2, -0.15) is 13.2 Å². The normalized spacial score (nSPS) is 11.4. The van der Waals surface area contributed by atoms with Crippen molar-refractivity contribution in [2.45, 2.75) is 11.5 Å². The van der Waals surface area contributed by atoms with Gasteiger partial charge < -0.3 is 4.74 Å². The lowest BCUT2D eigenvalue weighted by Gasteiger charge is -2.15. The van der Waals surface area contributed by atoms with E-state index in [0.717, 1.165) is 9.64 Å². The molecule has 106 valence electrons. The number of halogens is 5. The molecule has 2 rings (SSSR count). The minimum Gasteiger partial charge on any atom is -0.456 e. The summed E-state index contributed by atoms with van der Waals surface area (Å²) < 4.78 is 45.4. The van der Waals surface area contributed by atoms with Crippen LogP contribution in [0.4, 0.5) is 13.2 Å². The number of hydrogen-bond acceptors (Lipinski definition) is 1. The van der Waals surface area contributed by atoms with E-state index in [2.05, 4.69) is 15.9 Å². The molecule has 0 aliphatic rings. The molecule has 0 aromatic heterocycles. The number of alkyl halides is 4. The molecule has 0 aliphatic heterocycles. The summed E-state index contributed by atoms with van der Waals surface area (Å²) in [5.41, 5.74) is -0.221. The highest BCUT2D eigenvalue weighted by Gasteiger charge is 2.34. The van der Waals surface area contributed by atoms with Gasteiger partial charge >= 0.3 is 6.18 Å². The molecular formula is C14H9BrF3IO. The van der Waals surface area contributed by atoms with Crippen molar-refractivity contribution in [1.29, 1.82) is 0 Å². The lowest BCUT2D eigenvalue weighted by atomic mass is 10.1. The van der Waals surface area contributed by atoms with Crippen LogP contribution in [0.5, 0.6) is 11.5 Å². The predicted octanol–water partition coefficient (Wildman–Crippen LogP) is 6.00. The average molecular weight is 457 g/mol. The van der Waals surface area contributed by atoms with Crippen LogP contribution in [-0.2, 0) is 11.5 Å². The van der Waals surface area contributed by atoms with E-state index in [1.807, 2.05) is 22.6 Å². The zero-order chi connectivity index (χ0) is 14.8. The Hall–Kier alpha value is -0.760. The standard InChI is InChI=1S/C14H9BrF3IO/c15-8-9-5-6-12(10(7-9)14(16,17)18)20-13-4-2-1-3-11(13)19/h1-7H,8H2. The van der Waals surface area contributed by atoms with Crippen molar-refractivity contribution in [1.82, 2.24) is 0 Å². The fourth-order valence-corrected chi connectivity index (χ4v) is 2.46. The maximum Gasteiger partial charge on any atom is 0.419 e. The Morgan fingerprint density at radius 1 is 1.05 bits per heavy atom. The van der Waals surface area contributed by atoms with E-state index < -0.39 is 11.7 Å². The molecule has 0 radical (unpaired) electrons. The maximum atomic E-state index is 13.1. The zero-order valence-electron chi connectivity index (χ0n) is 10.0. The van der Waals surface area contributed by atoms with Crippen LogP contribution in [0.25, 0.3) is 0 Å². The third kappa shape index (κ3) is 3.66. The van der Waals surface area contributed by atoms with Crippen molar-refractivity contribution in [3.8, 4) is 11.5 Å². The van der Waals surface area contributed by atoms with E-state index in [-0.39, 0.29) is 5.75 Å². The quantitative estimate of drug-likeness (QED) is 0.406. The lowest BCUT2D eigenvalue weighted by molar-refractivity contribution is -0.138. The molecule has 20 heavy (non-hydrogen) atoms. The highest BCUT2D eigenvalue weighted by molar-refractivity contribution is 14.1. The van der Waals surface area contributed by atoms with Crippen molar-refractivity contribution in [3.63, 3.8) is 0 Å². The minimum absolute atomic E-state index is 0.189. The SMILES string of the molecule is FC(F)(F)c1cc(CBr)ccc1Oc1ccccc1I. The van der Waals surface area contributed by atoms with E-state index in [9.17, 15) is 13.2 Å². The van der Waals surface area contributed by atoms with E-state index in [4.69, 9.17) is 4.74 Å². The summed E-state index contributed by atoms with van der Waals surface area (Å²) in [6.45, 7) is 0. The first-order valence-electron chi connectivity index (χ1n) is 5.60. The summed E-state index contributed by atoms with van der Waals surface area (Å²) in [5, 5.41) is 0.360. The smallest absolute Gasteiger partial charge is 0.419 e. The summed E-state index contributed by atoms with van der Waals surface area (Å²) in [6, 6.07) is 11.0. The first kappa shape index (κ1) is 15.6. The molecule has 6 heteroatoms. The van der Waals surface area contributed by atoms with E-state index >= 15 is 0 Å². The Kier molecular flexibility index (Phi) is 4.95. The second-order valence-electron chi connectivity index (χ2n) is 3.99. The molecular weight excluding hydrogens is 448 g/mol. The number of para-hydroxylation sites is 1. The highest BCUT2D eigenvalue weighted by Crippen LogP contribution is 2.39. The van der Waals surface area contributed by atoms with Crippen molar-refractivity contribution >= 4 is 38.5 Å². The monoisotopic (exact) mass is 456 g/mol. The Labute approximate surface area is 136 Å². The maximum absolute atomic E-state index is 13.1. The van der Waals surface area contributed by atoms with Gasteiger partial charge in [0.25, 0.3) is 0 Å². The molecule has 0 atom stereocenters. The van der Waals surface area contributed by atoms with Crippen molar-refractivity contribution in [2.75, 3.05) is 0 Å². The molecule has 0 unspecified atom stereocenters. The predicted molar refractivity (Wildman–Crippen MR) is 83.3 cm³/mol. The van der Waals surface area contributed by atoms with Crippen LogP contribution in [-0.4, -0.2) is 0 Å². The van der Waals surface area contributed by atoms with Crippen molar-refractivity contribution in [3.05, 3.63) is 57.2 Å². The second-order valence-corrected chi connectivity index (χ2v) is 5.72. The largest absolute Gasteiger partial charge is 0.456 e. The summed E-state index contributed by atoms with van der Waals surface area (Å²) in [5.74, 6) is 0.219. The highest BCUT2D eigenvalue weighted by atomic mass is 127. The van der Waals surface area contributed by atoms with Crippen LogP contribution in [0.3, 0.4) is 0 Å². The topological polar surface area (TPSA) is 9.23 Å². The van der Waals surface area contributed by atoms with Crippen molar-refractivity contribution < 1.29 is 17.9 Å². The van der Waals surface area contributed by atoms with E-state index in [0.29, 0.717) is 16.6 Å². The molecule has 0 amide bonds. The van der Waals surface area contributed by atoms with Gasteiger partial charge in [-0.25, -0.2) is 0 Å². The van der Waals surface area contributed by atoms with Gasteiger partial charge in [0.1, 0.15) is 11.5 Å². The Bertz CT molecular complexity index is 614. The van der Waals surface area contributed by atoms with Gasteiger partial charge in [0.2, 0.25) is 0 Å². The van der Waals surface area contributed by atoms with Gasteiger partial charge in [-0.1, -0.05) is 34.1 Å². The third-order valence-corrected chi connectivity index (χ3v) is 4.10. The molecule has 0 heterocycles. The first-order valence-corrected chi connectivity index (χ1v) is 7.80.